The maximum Gasteiger partial charge on any atom is 0.241 e. The van der Waals surface area contributed by atoms with Crippen molar-refractivity contribution < 1.29 is 9.18 Å². The first-order chi connectivity index (χ1) is 12.2. The van der Waals surface area contributed by atoms with Gasteiger partial charge in [0, 0.05) is 37.9 Å². The Labute approximate surface area is 160 Å². The first kappa shape index (κ1) is 20.4. The van der Waals surface area contributed by atoms with Crippen molar-refractivity contribution in [3.63, 3.8) is 0 Å². The number of carbonyl (C=O) groups is 1. The number of hydrogen-bond donors (Lipinski definition) is 1. The summed E-state index contributed by atoms with van der Waals surface area (Å²) in [5.41, 5.74) is 1.81. The van der Waals surface area contributed by atoms with E-state index in [4.69, 9.17) is 0 Å². The average Bonchev–Trinajstić information content (AvgIpc) is 2.64. The Morgan fingerprint density at radius 2 is 2.00 bits per heavy atom. The number of amides is 1. The minimum absolute atomic E-state index is 0. The van der Waals surface area contributed by atoms with Crippen LogP contribution >= 0.6 is 12.4 Å². The number of carbonyl (C=O) groups excluding carboxylic acids is 1. The largest absolute Gasteiger partial charge is 0.314 e. The molecule has 3 rings (SSSR count). The van der Waals surface area contributed by atoms with Crippen LogP contribution in [0.2, 0.25) is 0 Å². The molecule has 4 nitrogen and oxygen atoms in total. The van der Waals surface area contributed by atoms with Crippen LogP contribution in [0, 0.1) is 5.82 Å². The van der Waals surface area contributed by atoms with Crippen LogP contribution in [0.1, 0.15) is 18.5 Å². The molecule has 2 aromatic carbocycles. The van der Waals surface area contributed by atoms with Crippen molar-refractivity contribution in [3.05, 3.63) is 66.0 Å². The molecule has 1 saturated heterocycles. The third-order valence-corrected chi connectivity index (χ3v) is 4.61. The van der Waals surface area contributed by atoms with E-state index in [0.29, 0.717) is 19.6 Å². The summed E-state index contributed by atoms with van der Waals surface area (Å²) in [6.45, 7) is 5.24. The number of rotatable bonds is 5. The summed E-state index contributed by atoms with van der Waals surface area (Å²) in [5, 5.41) is 3.34. The first-order valence-corrected chi connectivity index (χ1v) is 8.74. The van der Waals surface area contributed by atoms with E-state index < -0.39 is 0 Å². The van der Waals surface area contributed by atoms with E-state index in [1.807, 2.05) is 43.3 Å². The fourth-order valence-electron chi connectivity index (χ4n) is 3.35. The maximum absolute atomic E-state index is 13.6. The minimum Gasteiger partial charge on any atom is -0.314 e. The molecule has 26 heavy (non-hydrogen) atoms. The van der Waals surface area contributed by atoms with Gasteiger partial charge in [-0.3, -0.25) is 9.69 Å². The molecule has 0 radical (unpaired) electrons. The highest BCUT2D eigenvalue weighted by atomic mass is 35.5. The number of likely N-dealkylation sites (N-methyl/N-ethyl adjacent to an activating group) is 1. The number of benzene rings is 2. The normalized spacial score (nSPS) is 17.4. The smallest absolute Gasteiger partial charge is 0.241 e. The van der Waals surface area contributed by atoms with Crippen molar-refractivity contribution in [1.29, 1.82) is 0 Å². The second kappa shape index (κ2) is 9.67. The van der Waals surface area contributed by atoms with Gasteiger partial charge in [-0.05, 0) is 36.8 Å². The van der Waals surface area contributed by atoms with Crippen molar-refractivity contribution in [2.75, 3.05) is 37.6 Å². The Morgan fingerprint density at radius 3 is 2.69 bits per heavy atom. The molecule has 1 heterocycles. The first-order valence-electron chi connectivity index (χ1n) is 8.74. The van der Waals surface area contributed by atoms with Gasteiger partial charge in [0.2, 0.25) is 5.91 Å². The van der Waals surface area contributed by atoms with Crippen LogP contribution in [-0.4, -0.2) is 43.5 Å². The number of nitrogens with zero attached hydrogens (tertiary/aromatic N) is 2. The van der Waals surface area contributed by atoms with E-state index in [9.17, 15) is 9.18 Å². The lowest BCUT2D eigenvalue weighted by molar-refractivity contribution is -0.120. The quantitative estimate of drug-likeness (QED) is 0.868. The van der Waals surface area contributed by atoms with E-state index in [1.165, 1.54) is 6.07 Å². The van der Waals surface area contributed by atoms with E-state index in [0.717, 1.165) is 24.3 Å². The van der Waals surface area contributed by atoms with Gasteiger partial charge in [-0.1, -0.05) is 30.3 Å². The van der Waals surface area contributed by atoms with Crippen LogP contribution in [-0.2, 0) is 4.79 Å². The summed E-state index contributed by atoms with van der Waals surface area (Å²) in [5.74, 6) is -0.175. The topological polar surface area (TPSA) is 35.6 Å². The van der Waals surface area contributed by atoms with Gasteiger partial charge < -0.3 is 10.2 Å². The van der Waals surface area contributed by atoms with Gasteiger partial charge >= 0.3 is 0 Å². The molecule has 0 aromatic heterocycles. The van der Waals surface area contributed by atoms with Gasteiger partial charge in [-0.25, -0.2) is 4.39 Å². The molecule has 1 atom stereocenters. The van der Waals surface area contributed by atoms with Gasteiger partial charge in [0.1, 0.15) is 5.82 Å². The minimum atomic E-state index is -0.242. The van der Waals surface area contributed by atoms with Crippen molar-refractivity contribution in [2.24, 2.45) is 0 Å². The third-order valence-electron chi connectivity index (χ3n) is 4.61. The Hall–Kier alpha value is -1.95. The van der Waals surface area contributed by atoms with Crippen molar-refractivity contribution in [1.82, 2.24) is 10.2 Å². The SMILES string of the molecule is CCN(C(=O)CN1CCNCC1c1cccc(F)c1)c1ccccc1.Cl. The monoisotopic (exact) mass is 377 g/mol. The molecule has 1 fully saturated rings. The molecular formula is C20H25ClFN3O. The molecule has 0 spiro atoms. The molecule has 1 aliphatic heterocycles. The van der Waals surface area contributed by atoms with Gasteiger partial charge in [0.25, 0.3) is 0 Å². The second-order valence-corrected chi connectivity index (χ2v) is 6.22. The Balaban J connectivity index is 0.00000243. The zero-order valence-electron chi connectivity index (χ0n) is 14.9. The highest BCUT2D eigenvalue weighted by Gasteiger charge is 2.27. The van der Waals surface area contributed by atoms with Gasteiger partial charge in [-0.2, -0.15) is 0 Å². The second-order valence-electron chi connectivity index (χ2n) is 6.22. The van der Waals surface area contributed by atoms with Gasteiger partial charge in [0.15, 0.2) is 0 Å². The molecule has 1 aliphatic rings. The lowest BCUT2D eigenvalue weighted by Crippen LogP contribution is -2.50. The van der Waals surface area contributed by atoms with Crippen LogP contribution in [0.15, 0.2) is 54.6 Å². The molecule has 0 bridgehead atoms. The zero-order valence-corrected chi connectivity index (χ0v) is 15.7. The summed E-state index contributed by atoms with van der Waals surface area (Å²) < 4.78 is 13.6. The maximum atomic E-state index is 13.6. The van der Waals surface area contributed by atoms with Crippen molar-refractivity contribution in [3.8, 4) is 0 Å². The third kappa shape index (κ3) is 4.81. The molecule has 2 aromatic rings. The van der Waals surface area contributed by atoms with Crippen LogP contribution in [0.4, 0.5) is 10.1 Å². The number of halogens is 2. The highest BCUT2D eigenvalue weighted by molar-refractivity contribution is 5.94. The fourth-order valence-corrected chi connectivity index (χ4v) is 3.35. The molecule has 1 unspecified atom stereocenters. The zero-order chi connectivity index (χ0) is 17.6. The van der Waals surface area contributed by atoms with Gasteiger partial charge in [-0.15, -0.1) is 12.4 Å². The van der Waals surface area contributed by atoms with Crippen LogP contribution < -0.4 is 10.2 Å². The molecule has 140 valence electrons. The highest BCUT2D eigenvalue weighted by Crippen LogP contribution is 2.23. The summed E-state index contributed by atoms with van der Waals surface area (Å²) in [6, 6.07) is 16.4. The number of hydrogen-bond acceptors (Lipinski definition) is 3. The predicted octanol–water partition coefficient (Wildman–Crippen LogP) is 3.25. The van der Waals surface area contributed by atoms with Gasteiger partial charge in [0.05, 0.1) is 6.54 Å². The Morgan fingerprint density at radius 1 is 1.23 bits per heavy atom. The van der Waals surface area contributed by atoms with E-state index in [1.54, 1.807) is 17.0 Å². The molecule has 1 N–H and O–H groups in total. The number of para-hydroxylation sites is 1. The van der Waals surface area contributed by atoms with Crippen molar-refractivity contribution in [2.45, 2.75) is 13.0 Å². The summed E-state index contributed by atoms with van der Waals surface area (Å²) in [7, 11) is 0. The fraction of sp³-hybridized carbons (Fsp3) is 0.350. The molecule has 0 saturated carbocycles. The predicted molar refractivity (Wildman–Crippen MR) is 105 cm³/mol. The van der Waals surface area contributed by atoms with E-state index in [-0.39, 0.29) is 30.2 Å². The standard InChI is InChI=1S/C20H24FN3O.ClH/c1-2-24(18-9-4-3-5-10-18)20(25)15-23-12-11-22-14-19(23)16-7-6-8-17(21)13-16;/h3-10,13,19,22H,2,11-12,14-15H2,1H3;1H. The van der Waals surface area contributed by atoms with E-state index in [2.05, 4.69) is 10.2 Å². The number of nitrogens with one attached hydrogen (secondary N) is 1. The van der Waals surface area contributed by atoms with Crippen LogP contribution in [0.3, 0.4) is 0 Å². The van der Waals surface area contributed by atoms with Crippen LogP contribution in [0.25, 0.3) is 0 Å². The number of piperazine rings is 1. The molecule has 0 aliphatic carbocycles. The lowest BCUT2D eigenvalue weighted by Gasteiger charge is -2.37. The molecule has 1 amide bonds. The average molecular weight is 378 g/mol. The molecule has 6 heteroatoms. The molecular weight excluding hydrogens is 353 g/mol. The lowest BCUT2D eigenvalue weighted by atomic mass is 10.0. The summed E-state index contributed by atoms with van der Waals surface area (Å²) in [6.07, 6.45) is 0. The number of anilines is 1. The summed E-state index contributed by atoms with van der Waals surface area (Å²) in [4.78, 5) is 16.8. The summed E-state index contributed by atoms with van der Waals surface area (Å²) >= 11 is 0. The van der Waals surface area contributed by atoms with Crippen LogP contribution in [0.5, 0.6) is 0 Å². The Kier molecular flexibility index (Phi) is 7.57. The van der Waals surface area contributed by atoms with Crippen molar-refractivity contribution >= 4 is 24.0 Å². The van der Waals surface area contributed by atoms with E-state index >= 15 is 0 Å². The Bertz CT molecular complexity index is 713.